The summed E-state index contributed by atoms with van der Waals surface area (Å²) >= 11 is 0. The minimum atomic E-state index is 0.0142. The van der Waals surface area contributed by atoms with Gasteiger partial charge in [0.1, 0.15) is 0 Å². The van der Waals surface area contributed by atoms with Gasteiger partial charge in [-0.15, -0.1) is 0 Å². The molecule has 1 aromatic carbocycles. The van der Waals surface area contributed by atoms with Gasteiger partial charge in [0.05, 0.1) is 0 Å². The molecule has 0 amide bonds. The maximum absolute atomic E-state index is 4.61. The van der Waals surface area contributed by atoms with E-state index in [-0.39, 0.29) is 16.2 Å². The lowest BCUT2D eigenvalue weighted by atomic mass is 9.76. The Morgan fingerprint density at radius 3 is 1.87 bits per heavy atom. The van der Waals surface area contributed by atoms with Crippen molar-refractivity contribution in [2.24, 2.45) is 0 Å². The number of benzene rings is 1. The highest BCUT2D eigenvalue weighted by atomic mass is 14.6. The Kier molecular flexibility index (Phi) is 6.17. The van der Waals surface area contributed by atoms with Crippen LogP contribution in [0, 0.1) is 0 Å². The average Bonchev–Trinajstić information content (AvgIpc) is 2.68. The van der Waals surface area contributed by atoms with Crippen LogP contribution in [0.1, 0.15) is 76.3 Å². The van der Waals surface area contributed by atoms with Crippen molar-refractivity contribution in [3.8, 4) is 0 Å². The predicted molar refractivity (Wildman–Crippen MR) is 127 cm³/mol. The van der Waals surface area contributed by atoms with Gasteiger partial charge in [-0.2, -0.15) is 0 Å². The number of pyridine rings is 2. The zero-order valence-corrected chi connectivity index (χ0v) is 19.7. The fourth-order valence-electron chi connectivity index (χ4n) is 4.13. The molecule has 2 aromatic heterocycles. The standard InChI is InChI=1S/C28H36N2/c1-26(2,3)24-10-8-9-21(15-24)17-28(6,7)25-16-22(19-30-20-25)18-27(4,5)23-11-13-29-14-12-23/h8-16,19-20H,17-18H2,1-7H3. The molecule has 0 bridgehead atoms. The van der Waals surface area contributed by atoms with Gasteiger partial charge in [0.2, 0.25) is 0 Å². The molecule has 0 aliphatic rings. The Labute approximate surface area is 182 Å². The Morgan fingerprint density at radius 1 is 0.600 bits per heavy atom. The fraction of sp³-hybridized carbons (Fsp3) is 0.429. The van der Waals surface area contributed by atoms with Crippen LogP contribution in [0.2, 0.25) is 0 Å². The van der Waals surface area contributed by atoms with Crippen LogP contribution in [-0.2, 0) is 29.1 Å². The second-order valence-corrected chi connectivity index (χ2v) is 10.9. The van der Waals surface area contributed by atoms with Crippen molar-refractivity contribution in [3.63, 3.8) is 0 Å². The fourth-order valence-corrected chi connectivity index (χ4v) is 4.13. The van der Waals surface area contributed by atoms with E-state index < -0.39 is 0 Å². The zero-order chi connectivity index (χ0) is 22.0. The third-order valence-electron chi connectivity index (χ3n) is 6.12. The molecule has 0 fully saturated rings. The number of rotatable bonds is 6. The van der Waals surface area contributed by atoms with Crippen molar-refractivity contribution in [1.82, 2.24) is 9.97 Å². The van der Waals surface area contributed by atoms with Crippen LogP contribution in [0.3, 0.4) is 0 Å². The van der Waals surface area contributed by atoms with Crippen LogP contribution < -0.4 is 0 Å². The Morgan fingerprint density at radius 2 is 1.20 bits per heavy atom. The van der Waals surface area contributed by atoms with Crippen LogP contribution in [0.25, 0.3) is 0 Å². The number of hydrogen-bond acceptors (Lipinski definition) is 2. The highest BCUT2D eigenvalue weighted by molar-refractivity contribution is 5.34. The molecule has 0 saturated carbocycles. The van der Waals surface area contributed by atoms with E-state index >= 15 is 0 Å². The van der Waals surface area contributed by atoms with Gasteiger partial charge < -0.3 is 0 Å². The van der Waals surface area contributed by atoms with Gasteiger partial charge in [-0.05, 0) is 69.0 Å². The minimum Gasteiger partial charge on any atom is -0.265 e. The molecule has 158 valence electrons. The van der Waals surface area contributed by atoms with Crippen molar-refractivity contribution in [2.75, 3.05) is 0 Å². The van der Waals surface area contributed by atoms with Gasteiger partial charge in [0.15, 0.2) is 0 Å². The molecule has 0 atom stereocenters. The van der Waals surface area contributed by atoms with Crippen LogP contribution in [0.4, 0.5) is 0 Å². The van der Waals surface area contributed by atoms with Crippen LogP contribution in [-0.4, -0.2) is 9.97 Å². The summed E-state index contributed by atoms with van der Waals surface area (Å²) in [6.07, 6.45) is 9.75. The topological polar surface area (TPSA) is 25.8 Å². The van der Waals surface area contributed by atoms with Crippen molar-refractivity contribution in [1.29, 1.82) is 0 Å². The lowest BCUT2D eigenvalue weighted by Crippen LogP contribution is -2.23. The Balaban J connectivity index is 1.82. The summed E-state index contributed by atoms with van der Waals surface area (Å²) in [5.74, 6) is 0. The van der Waals surface area contributed by atoms with E-state index in [4.69, 9.17) is 0 Å². The first-order chi connectivity index (χ1) is 14.0. The second kappa shape index (κ2) is 8.34. The summed E-state index contributed by atoms with van der Waals surface area (Å²) in [7, 11) is 0. The average molecular weight is 401 g/mol. The van der Waals surface area contributed by atoms with Crippen LogP contribution >= 0.6 is 0 Å². The molecule has 0 aliphatic carbocycles. The molecule has 3 rings (SSSR count). The summed E-state index contributed by atoms with van der Waals surface area (Å²) in [6, 6.07) is 15.6. The third kappa shape index (κ3) is 5.36. The molecule has 0 saturated heterocycles. The van der Waals surface area contributed by atoms with Gasteiger partial charge in [0.25, 0.3) is 0 Å². The molecule has 30 heavy (non-hydrogen) atoms. The van der Waals surface area contributed by atoms with E-state index in [0.717, 1.165) is 12.8 Å². The Hall–Kier alpha value is -2.48. The van der Waals surface area contributed by atoms with Crippen LogP contribution in [0.5, 0.6) is 0 Å². The summed E-state index contributed by atoms with van der Waals surface area (Å²) < 4.78 is 0. The quantitative estimate of drug-likeness (QED) is 0.454. The second-order valence-electron chi connectivity index (χ2n) is 10.9. The highest BCUT2D eigenvalue weighted by Gasteiger charge is 2.25. The third-order valence-corrected chi connectivity index (χ3v) is 6.12. The maximum Gasteiger partial charge on any atom is 0.0305 e. The summed E-state index contributed by atoms with van der Waals surface area (Å²) in [6.45, 7) is 16.0. The molecule has 2 heterocycles. The molecule has 0 unspecified atom stereocenters. The van der Waals surface area contributed by atoms with Gasteiger partial charge in [-0.1, -0.05) is 78.8 Å². The zero-order valence-electron chi connectivity index (χ0n) is 19.7. The smallest absolute Gasteiger partial charge is 0.0305 e. The summed E-state index contributed by atoms with van der Waals surface area (Å²) in [5.41, 5.74) is 6.88. The Bertz CT molecular complexity index is 979. The summed E-state index contributed by atoms with van der Waals surface area (Å²) in [4.78, 5) is 8.78. The molecule has 2 nitrogen and oxygen atoms in total. The van der Waals surface area contributed by atoms with Crippen molar-refractivity contribution in [3.05, 3.63) is 95.1 Å². The predicted octanol–water partition coefficient (Wildman–Crippen LogP) is 6.81. The largest absolute Gasteiger partial charge is 0.265 e. The number of nitrogens with zero attached hydrogens (tertiary/aromatic N) is 2. The number of aromatic nitrogens is 2. The first kappa shape index (κ1) is 22.2. The molecule has 0 aliphatic heterocycles. The molecular weight excluding hydrogens is 364 g/mol. The van der Waals surface area contributed by atoms with Crippen LogP contribution in [0.15, 0.2) is 67.3 Å². The highest BCUT2D eigenvalue weighted by Crippen LogP contribution is 2.32. The molecule has 0 spiro atoms. The molecule has 0 N–H and O–H groups in total. The first-order valence-corrected chi connectivity index (χ1v) is 10.9. The van der Waals surface area contributed by atoms with E-state index in [2.05, 4.69) is 101 Å². The molecule has 3 aromatic rings. The molecule has 0 radical (unpaired) electrons. The maximum atomic E-state index is 4.61. The lowest BCUT2D eigenvalue weighted by molar-refractivity contribution is 0.506. The molecule has 2 heteroatoms. The van der Waals surface area contributed by atoms with E-state index in [1.54, 1.807) is 0 Å². The van der Waals surface area contributed by atoms with Crippen molar-refractivity contribution >= 4 is 0 Å². The summed E-state index contributed by atoms with van der Waals surface area (Å²) in [5, 5.41) is 0. The van der Waals surface area contributed by atoms with Gasteiger partial charge in [0, 0.05) is 24.8 Å². The van der Waals surface area contributed by atoms with E-state index in [0.29, 0.717) is 0 Å². The number of hydrogen-bond donors (Lipinski definition) is 0. The lowest BCUT2D eigenvalue weighted by Gasteiger charge is -2.29. The van der Waals surface area contributed by atoms with E-state index in [1.165, 1.54) is 27.8 Å². The van der Waals surface area contributed by atoms with Gasteiger partial charge >= 0.3 is 0 Å². The molecular formula is C28H36N2. The van der Waals surface area contributed by atoms with Gasteiger partial charge in [-0.25, -0.2) is 0 Å². The monoisotopic (exact) mass is 400 g/mol. The normalized spacial score (nSPS) is 12.8. The van der Waals surface area contributed by atoms with Crippen molar-refractivity contribution < 1.29 is 0 Å². The first-order valence-electron chi connectivity index (χ1n) is 10.9. The minimum absolute atomic E-state index is 0.0142. The SMILES string of the molecule is CC(C)(C)c1cccc(CC(C)(C)c2cncc(CC(C)(C)c3ccncc3)c2)c1. The van der Waals surface area contributed by atoms with Crippen molar-refractivity contribution in [2.45, 2.75) is 77.6 Å². The van der Waals surface area contributed by atoms with Gasteiger partial charge in [-0.3, -0.25) is 9.97 Å². The van der Waals surface area contributed by atoms with E-state index in [1.807, 2.05) is 24.8 Å². The van der Waals surface area contributed by atoms with E-state index in [9.17, 15) is 0 Å².